The predicted octanol–water partition coefficient (Wildman–Crippen LogP) is 3.62. The van der Waals surface area contributed by atoms with Crippen LogP contribution in [0.4, 0.5) is 5.69 Å². The molecule has 2 aromatic carbocycles. The summed E-state index contributed by atoms with van der Waals surface area (Å²) in [6, 6.07) is 13.6. The highest BCUT2D eigenvalue weighted by atomic mass is 35.5. The van der Waals surface area contributed by atoms with Crippen LogP contribution in [0.3, 0.4) is 0 Å². The molecule has 0 radical (unpaired) electrons. The van der Waals surface area contributed by atoms with Crippen LogP contribution in [0.1, 0.15) is 0 Å². The lowest BCUT2D eigenvalue weighted by Crippen LogP contribution is -2.13. The minimum Gasteiger partial charge on any atom is -0.361 e. The molecule has 0 aliphatic carbocycles. The van der Waals surface area contributed by atoms with Gasteiger partial charge in [-0.05, 0) is 35.7 Å². The van der Waals surface area contributed by atoms with Crippen LogP contribution in [0.25, 0.3) is 10.9 Å². The normalized spacial score (nSPS) is 11.7. The first-order valence-electron chi connectivity index (χ1n) is 5.91. The van der Waals surface area contributed by atoms with Gasteiger partial charge < -0.3 is 4.98 Å². The first kappa shape index (κ1) is 13.0. The van der Waals surface area contributed by atoms with Gasteiger partial charge in [-0.1, -0.05) is 29.8 Å². The second-order valence-corrected chi connectivity index (χ2v) is 6.37. The number of H-pyrrole nitrogens is 1. The standard InChI is InChI=1S/C14H11ClN2O2S/c15-12-3-1-2-4-14(12)20(18,19)17-11-6-5-10-7-8-16-13(10)9-11/h1-9,16-17H. The Morgan fingerprint density at radius 1 is 1.05 bits per heavy atom. The maximum Gasteiger partial charge on any atom is 0.263 e. The number of aromatic amines is 1. The van der Waals surface area contributed by atoms with Crippen molar-refractivity contribution in [2.45, 2.75) is 4.90 Å². The Morgan fingerprint density at radius 3 is 2.65 bits per heavy atom. The molecule has 2 N–H and O–H groups in total. The van der Waals surface area contributed by atoms with Crippen molar-refractivity contribution in [2.24, 2.45) is 0 Å². The molecule has 0 atom stereocenters. The average Bonchev–Trinajstić information content (AvgIpc) is 2.86. The fourth-order valence-corrected chi connectivity index (χ4v) is 3.55. The zero-order valence-corrected chi connectivity index (χ0v) is 11.9. The Labute approximate surface area is 121 Å². The number of sulfonamides is 1. The summed E-state index contributed by atoms with van der Waals surface area (Å²) in [6.45, 7) is 0. The van der Waals surface area contributed by atoms with Crippen molar-refractivity contribution in [1.82, 2.24) is 4.98 Å². The minimum atomic E-state index is -3.69. The molecule has 1 heterocycles. The summed E-state index contributed by atoms with van der Waals surface area (Å²) < 4.78 is 27.1. The number of fused-ring (bicyclic) bond motifs is 1. The fraction of sp³-hybridized carbons (Fsp3) is 0. The summed E-state index contributed by atoms with van der Waals surface area (Å²) in [4.78, 5) is 3.10. The van der Waals surface area contributed by atoms with E-state index < -0.39 is 10.0 Å². The van der Waals surface area contributed by atoms with Crippen molar-refractivity contribution in [3.05, 3.63) is 59.8 Å². The predicted molar refractivity (Wildman–Crippen MR) is 80.6 cm³/mol. The number of halogens is 1. The molecule has 0 aliphatic rings. The van der Waals surface area contributed by atoms with Crippen LogP contribution in [0.2, 0.25) is 5.02 Å². The number of rotatable bonds is 3. The van der Waals surface area contributed by atoms with E-state index in [-0.39, 0.29) is 9.92 Å². The highest BCUT2D eigenvalue weighted by Gasteiger charge is 2.17. The Bertz CT molecular complexity index is 872. The lowest BCUT2D eigenvalue weighted by Gasteiger charge is -2.09. The number of aromatic nitrogens is 1. The first-order chi connectivity index (χ1) is 9.56. The summed E-state index contributed by atoms with van der Waals surface area (Å²) >= 11 is 5.93. The molecule has 0 aliphatic heterocycles. The van der Waals surface area contributed by atoms with E-state index in [4.69, 9.17) is 11.6 Å². The number of benzene rings is 2. The zero-order chi connectivity index (χ0) is 14.2. The van der Waals surface area contributed by atoms with Crippen molar-refractivity contribution in [1.29, 1.82) is 0 Å². The van der Waals surface area contributed by atoms with Crippen molar-refractivity contribution in [2.75, 3.05) is 4.72 Å². The third kappa shape index (κ3) is 2.37. The third-order valence-corrected chi connectivity index (χ3v) is 4.81. The van der Waals surface area contributed by atoms with Crippen molar-refractivity contribution >= 4 is 38.2 Å². The zero-order valence-electron chi connectivity index (χ0n) is 10.3. The number of anilines is 1. The molecule has 0 fully saturated rings. The van der Waals surface area contributed by atoms with Crippen LogP contribution < -0.4 is 4.72 Å². The third-order valence-electron chi connectivity index (χ3n) is 2.93. The van der Waals surface area contributed by atoms with Crippen molar-refractivity contribution < 1.29 is 8.42 Å². The molecule has 102 valence electrons. The molecular formula is C14H11ClN2O2S. The molecule has 0 saturated heterocycles. The van der Waals surface area contributed by atoms with Gasteiger partial charge in [0.25, 0.3) is 10.0 Å². The van der Waals surface area contributed by atoms with E-state index in [2.05, 4.69) is 9.71 Å². The Kier molecular flexibility index (Phi) is 3.16. The maximum atomic E-state index is 12.3. The van der Waals surface area contributed by atoms with Crippen LogP contribution in [-0.4, -0.2) is 13.4 Å². The van der Waals surface area contributed by atoms with Crippen LogP contribution in [0.15, 0.2) is 59.6 Å². The van der Waals surface area contributed by atoms with E-state index in [1.165, 1.54) is 6.07 Å². The van der Waals surface area contributed by atoms with Gasteiger partial charge in [0.15, 0.2) is 0 Å². The van der Waals surface area contributed by atoms with Gasteiger partial charge in [-0.15, -0.1) is 0 Å². The van der Waals surface area contributed by atoms with Gasteiger partial charge in [0.2, 0.25) is 0 Å². The molecule has 0 amide bonds. The molecule has 0 unspecified atom stereocenters. The SMILES string of the molecule is O=S(=O)(Nc1ccc2cc[nH]c2c1)c1ccccc1Cl. The smallest absolute Gasteiger partial charge is 0.263 e. The van der Waals surface area contributed by atoms with Crippen LogP contribution >= 0.6 is 11.6 Å². The Balaban J connectivity index is 1.99. The van der Waals surface area contributed by atoms with E-state index in [1.54, 1.807) is 36.5 Å². The van der Waals surface area contributed by atoms with Crippen LogP contribution in [-0.2, 0) is 10.0 Å². The summed E-state index contributed by atoms with van der Waals surface area (Å²) in [5.41, 5.74) is 1.35. The van der Waals surface area contributed by atoms with E-state index in [1.807, 2.05) is 12.1 Å². The van der Waals surface area contributed by atoms with Gasteiger partial charge in [-0.3, -0.25) is 4.72 Å². The van der Waals surface area contributed by atoms with E-state index in [9.17, 15) is 8.42 Å². The molecule has 0 saturated carbocycles. The largest absolute Gasteiger partial charge is 0.361 e. The fourth-order valence-electron chi connectivity index (χ4n) is 1.98. The lowest BCUT2D eigenvalue weighted by atomic mass is 10.2. The Morgan fingerprint density at radius 2 is 1.85 bits per heavy atom. The van der Waals surface area contributed by atoms with Gasteiger partial charge in [-0.2, -0.15) is 0 Å². The number of hydrogen-bond donors (Lipinski definition) is 2. The summed E-state index contributed by atoms with van der Waals surface area (Å²) in [6.07, 6.45) is 1.80. The van der Waals surface area contributed by atoms with E-state index in [0.29, 0.717) is 5.69 Å². The molecule has 3 aromatic rings. The van der Waals surface area contributed by atoms with Crippen molar-refractivity contribution in [3.8, 4) is 0 Å². The van der Waals surface area contributed by atoms with Gasteiger partial charge in [-0.25, -0.2) is 8.42 Å². The van der Waals surface area contributed by atoms with Gasteiger partial charge in [0, 0.05) is 11.7 Å². The topological polar surface area (TPSA) is 62.0 Å². The van der Waals surface area contributed by atoms with Crippen LogP contribution in [0.5, 0.6) is 0 Å². The maximum absolute atomic E-state index is 12.3. The Hall–Kier alpha value is -1.98. The molecule has 6 heteroatoms. The summed E-state index contributed by atoms with van der Waals surface area (Å²) in [5.74, 6) is 0. The molecule has 4 nitrogen and oxygen atoms in total. The quantitative estimate of drug-likeness (QED) is 0.776. The summed E-state index contributed by atoms with van der Waals surface area (Å²) in [7, 11) is -3.69. The molecular weight excluding hydrogens is 296 g/mol. The number of hydrogen-bond acceptors (Lipinski definition) is 2. The monoisotopic (exact) mass is 306 g/mol. The summed E-state index contributed by atoms with van der Waals surface area (Å²) in [5, 5.41) is 1.21. The molecule has 0 bridgehead atoms. The second-order valence-electron chi connectivity index (χ2n) is 4.32. The average molecular weight is 307 g/mol. The minimum absolute atomic E-state index is 0.0632. The molecule has 0 spiro atoms. The van der Waals surface area contributed by atoms with Gasteiger partial charge in [0.1, 0.15) is 4.90 Å². The lowest BCUT2D eigenvalue weighted by molar-refractivity contribution is 0.601. The van der Waals surface area contributed by atoms with Crippen LogP contribution in [0, 0.1) is 0 Å². The van der Waals surface area contributed by atoms with E-state index in [0.717, 1.165) is 10.9 Å². The van der Waals surface area contributed by atoms with Gasteiger partial charge >= 0.3 is 0 Å². The first-order valence-corrected chi connectivity index (χ1v) is 7.77. The number of nitrogens with one attached hydrogen (secondary N) is 2. The van der Waals surface area contributed by atoms with E-state index >= 15 is 0 Å². The molecule has 20 heavy (non-hydrogen) atoms. The second kappa shape index (κ2) is 4.85. The highest BCUT2D eigenvalue weighted by Crippen LogP contribution is 2.24. The molecule has 1 aromatic heterocycles. The highest BCUT2D eigenvalue weighted by molar-refractivity contribution is 7.92. The van der Waals surface area contributed by atoms with Crippen molar-refractivity contribution in [3.63, 3.8) is 0 Å². The molecule has 3 rings (SSSR count). The van der Waals surface area contributed by atoms with Gasteiger partial charge in [0.05, 0.1) is 10.7 Å².